The molecule has 0 fully saturated rings. The molecule has 0 atom stereocenters. The van der Waals surface area contributed by atoms with Crippen LogP contribution in [-0.4, -0.2) is 19.5 Å². The summed E-state index contributed by atoms with van der Waals surface area (Å²) >= 11 is 0. The Bertz CT molecular complexity index is 1190. The molecule has 0 bridgehead atoms. The van der Waals surface area contributed by atoms with Gasteiger partial charge in [0.05, 0.1) is 16.1 Å². The lowest BCUT2D eigenvalue weighted by atomic mass is 10.0. The third-order valence-electron chi connectivity index (χ3n) is 4.61. The minimum Gasteiger partial charge on any atom is -0.487 e. The normalized spacial score (nSPS) is 11.4. The molecule has 3 rings (SSSR count). The molecule has 0 amide bonds. The molecule has 0 aliphatic heterocycles. The molecule has 6 nitrogen and oxygen atoms in total. The number of hydrogen-bond acceptors (Lipinski definition) is 4. The largest absolute Gasteiger partial charge is 0.487 e. The molecule has 8 heteroatoms. The van der Waals surface area contributed by atoms with E-state index in [1.807, 2.05) is 13.8 Å². The zero-order valence-electron chi connectivity index (χ0n) is 17.0. The Labute approximate surface area is 180 Å². The standard InChI is InChI=1S/C23H22FNO5S/c1-15(2)19-5-3-4-6-22(19)31(28,29)25-20-12-11-18(24)13-21(20)30-14-16-7-9-17(10-8-16)23(26)27/h3-13,15,25H,14H2,1-2H3,(H,26,27). The van der Waals surface area contributed by atoms with Gasteiger partial charge in [-0.3, -0.25) is 4.72 Å². The van der Waals surface area contributed by atoms with E-state index in [-0.39, 0.29) is 34.4 Å². The van der Waals surface area contributed by atoms with E-state index in [0.717, 1.165) is 12.1 Å². The van der Waals surface area contributed by atoms with Gasteiger partial charge in [-0.05, 0) is 47.4 Å². The van der Waals surface area contributed by atoms with Crippen LogP contribution in [0.25, 0.3) is 0 Å². The molecule has 0 aliphatic carbocycles. The molecular weight excluding hydrogens is 421 g/mol. The summed E-state index contributed by atoms with van der Waals surface area (Å²) in [4.78, 5) is 11.1. The van der Waals surface area contributed by atoms with E-state index in [1.165, 1.54) is 24.3 Å². The van der Waals surface area contributed by atoms with Crippen LogP contribution in [0.15, 0.2) is 71.6 Å². The zero-order valence-corrected chi connectivity index (χ0v) is 17.8. The fourth-order valence-electron chi connectivity index (χ4n) is 3.01. The van der Waals surface area contributed by atoms with Crippen molar-refractivity contribution in [2.24, 2.45) is 0 Å². The van der Waals surface area contributed by atoms with Crippen LogP contribution in [0, 0.1) is 5.82 Å². The Kier molecular flexibility index (Phi) is 6.60. The number of ether oxygens (including phenoxy) is 1. The molecule has 0 unspecified atom stereocenters. The lowest BCUT2D eigenvalue weighted by Crippen LogP contribution is -2.16. The molecule has 0 heterocycles. The second-order valence-electron chi connectivity index (χ2n) is 7.23. The average molecular weight is 443 g/mol. The second-order valence-corrected chi connectivity index (χ2v) is 8.88. The van der Waals surface area contributed by atoms with Crippen LogP contribution in [0.4, 0.5) is 10.1 Å². The van der Waals surface area contributed by atoms with Crippen molar-refractivity contribution in [3.63, 3.8) is 0 Å². The van der Waals surface area contributed by atoms with Crippen molar-refractivity contribution < 1.29 is 27.4 Å². The molecule has 0 aromatic heterocycles. The summed E-state index contributed by atoms with van der Waals surface area (Å²) in [5.74, 6) is -1.61. The second kappa shape index (κ2) is 9.18. The number of carboxylic acid groups (broad SMARTS) is 1. The minimum absolute atomic E-state index is 0.000656. The summed E-state index contributed by atoms with van der Waals surface area (Å²) in [5, 5.41) is 8.97. The van der Waals surface area contributed by atoms with Crippen molar-refractivity contribution in [3.8, 4) is 5.75 Å². The van der Waals surface area contributed by atoms with E-state index in [0.29, 0.717) is 11.1 Å². The van der Waals surface area contributed by atoms with Crippen molar-refractivity contribution in [2.75, 3.05) is 4.72 Å². The van der Waals surface area contributed by atoms with Crippen molar-refractivity contribution >= 4 is 21.7 Å². The Morgan fingerprint density at radius 2 is 1.74 bits per heavy atom. The number of halogens is 1. The van der Waals surface area contributed by atoms with Crippen molar-refractivity contribution in [1.29, 1.82) is 0 Å². The van der Waals surface area contributed by atoms with Gasteiger partial charge in [-0.25, -0.2) is 17.6 Å². The van der Waals surface area contributed by atoms with Crippen LogP contribution >= 0.6 is 0 Å². The van der Waals surface area contributed by atoms with E-state index < -0.39 is 21.8 Å². The van der Waals surface area contributed by atoms with Crippen LogP contribution in [0.1, 0.15) is 41.3 Å². The molecular formula is C23H22FNO5S. The summed E-state index contributed by atoms with van der Waals surface area (Å²) in [6, 6.07) is 16.2. The fraction of sp³-hybridized carbons (Fsp3) is 0.174. The Balaban J connectivity index is 1.85. The Hall–Kier alpha value is -3.39. The maximum atomic E-state index is 13.8. The van der Waals surface area contributed by atoms with Crippen molar-refractivity contribution in [2.45, 2.75) is 31.3 Å². The van der Waals surface area contributed by atoms with E-state index in [4.69, 9.17) is 9.84 Å². The third kappa shape index (κ3) is 5.40. The third-order valence-corrected chi connectivity index (χ3v) is 6.05. The summed E-state index contributed by atoms with van der Waals surface area (Å²) in [5.41, 5.74) is 1.54. The number of sulfonamides is 1. The van der Waals surface area contributed by atoms with Crippen LogP contribution in [0.5, 0.6) is 5.75 Å². The highest BCUT2D eigenvalue weighted by atomic mass is 32.2. The van der Waals surface area contributed by atoms with E-state index in [9.17, 15) is 17.6 Å². The molecule has 0 radical (unpaired) electrons. The van der Waals surface area contributed by atoms with Crippen molar-refractivity contribution in [1.82, 2.24) is 0 Å². The number of rotatable bonds is 8. The van der Waals surface area contributed by atoms with Crippen LogP contribution in [0.3, 0.4) is 0 Å². The maximum absolute atomic E-state index is 13.8. The lowest BCUT2D eigenvalue weighted by molar-refractivity contribution is 0.0697. The first-order valence-electron chi connectivity index (χ1n) is 9.53. The van der Waals surface area contributed by atoms with Gasteiger partial charge in [0.1, 0.15) is 18.2 Å². The van der Waals surface area contributed by atoms with Crippen molar-refractivity contribution in [3.05, 3.63) is 89.2 Å². The monoisotopic (exact) mass is 443 g/mol. The summed E-state index contributed by atoms with van der Waals surface area (Å²) in [6.07, 6.45) is 0. The molecule has 0 aliphatic rings. The van der Waals surface area contributed by atoms with Gasteiger partial charge < -0.3 is 9.84 Å². The molecule has 0 saturated heterocycles. The highest BCUT2D eigenvalue weighted by Crippen LogP contribution is 2.31. The first-order chi connectivity index (χ1) is 14.7. The highest BCUT2D eigenvalue weighted by molar-refractivity contribution is 7.92. The number of carboxylic acids is 1. The molecule has 3 aromatic carbocycles. The molecule has 0 saturated carbocycles. The van der Waals surface area contributed by atoms with E-state index >= 15 is 0 Å². The van der Waals surface area contributed by atoms with Gasteiger partial charge in [-0.15, -0.1) is 0 Å². The van der Waals surface area contributed by atoms with Gasteiger partial charge in [0.15, 0.2) is 0 Å². The average Bonchev–Trinajstić information content (AvgIpc) is 2.74. The maximum Gasteiger partial charge on any atom is 0.335 e. The predicted molar refractivity (Wildman–Crippen MR) is 115 cm³/mol. The number of carbonyl (C=O) groups is 1. The van der Waals surface area contributed by atoms with Gasteiger partial charge in [0.2, 0.25) is 0 Å². The van der Waals surface area contributed by atoms with Gasteiger partial charge >= 0.3 is 5.97 Å². The summed E-state index contributed by atoms with van der Waals surface area (Å²) in [7, 11) is -3.94. The summed E-state index contributed by atoms with van der Waals surface area (Å²) in [6.45, 7) is 3.80. The number of benzene rings is 3. The highest BCUT2D eigenvalue weighted by Gasteiger charge is 2.21. The van der Waals surface area contributed by atoms with E-state index in [2.05, 4.69) is 4.72 Å². The minimum atomic E-state index is -3.94. The van der Waals surface area contributed by atoms with Gasteiger partial charge in [-0.1, -0.05) is 44.2 Å². The van der Waals surface area contributed by atoms with Gasteiger partial charge in [0.25, 0.3) is 10.0 Å². The molecule has 2 N–H and O–H groups in total. The smallest absolute Gasteiger partial charge is 0.335 e. The SMILES string of the molecule is CC(C)c1ccccc1S(=O)(=O)Nc1ccc(F)cc1OCc1ccc(C(=O)O)cc1. The molecule has 3 aromatic rings. The number of anilines is 1. The van der Waals surface area contributed by atoms with Gasteiger partial charge in [0, 0.05) is 6.07 Å². The van der Waals surface area contributed by atoms with Gasteiger partial charge in [-0.2, -0.15) is 0 Å². The zero-order chi connectivity index (χ0) is 22.6. The Morgan fingerprint density at radius 3 is 2.39 bits per heavy atom. The first-order valence-corrected chi connectivity index (χ1v) is 11.0. The number of hydrogen-bond donors (Lipinski definition) is 2. The van der Waals surface area contributed by atoms with E-state index in [1.54, 1.807) is 30.3 Å². The molecule has 162 valence electrons. The molecule has 0 spiro atoms. The topological polar surface area (TPSA) is 92.7 Å². The predicted octanol–water partition coefficient (Wildman–Crippen LogP) is 5.03. The fourth-order valence-corrected chi connectivity index (χ4v) is 4.45. The lowest BCUT2D eigenvalue weighted by Gasteiger charge is -2.17. The Morgan fingerprint density at radius 1 is 1.06 bits per heavy atom. The van der Waals surface area contributed by atoms with Crippen LogP contribution < -0.4 is 9.46 Å². The van der Waals surface area contributed by atoms with Crippen LogP contribution in [-0.2, 0) is 16.6 Å². The quantitative estimate of drug-likeness (QED) is 0.510. The first kappa shape index (κ1) is 22.3. The number of aromatic carboxylic acids is 1. The van der Waals surface area contributed by atoms with Crippen LogP contribution in [0.2, 0.25) is 0 Å². The number of nitrogens with one attached hydrogen (secondary N) is 1. The molecule has 31 heavy (non-hydrogen) atoms. The summed E-state index contributed by atoms with van der Waals surface area (Å²) < 4.78 is 48.0.